The van der Waals surface area contributed by atoms with E-state index < -0.39 is 26.5 Å². The molecule has 1 fully saturated rings. The average molecular weight is 468 g/mol. The van der Waals surface area contributed by atoms with Crippen molar-refractivity contribution in [2.24, 2.45) is 0 Å². The fourth-order valence-electron chi connectivity index (χ4n) is 3.75. The quantitative estimate of drug-likeness (QED) is 0.312. The molecule has 3 amide bonds. The molecule has 1 aliphatic heterocycles. The number of carbonyl (C=O) groups is 2. The molecule has 0 bridgehead atoms. The van der Waals surface area contributed by atoms with Gasteiger partial charge in [-0.25, -0.2) is 18.7 Å². The number of hydrogen-bond acceptors (Lipinski definition) is 7. The molecule has 11 heteroatoms. The van der Waals surface area contributed by atoms with Crippen molar-refractivity contribution in [2.75, 3.05) is 24.2 Å². The lowest BCUT2D eigenvalue weighted by Gasteiger charge is -2.35. The maximum absolute atomic E-state index is 13.0. The molecule has 2 heterocycles. The molecule has 1 aromatic carbocycles. The lowest BCUT2D eigenvalue weighted by Crippen LogP contribution is -2.43. The van der Waals surface area contributed by atoms with Gasteiger partial charge in [0.15, 0.2) is 9.84 Å². The van der Waals surface area contributed by atoms with Crippen LogP contribution in [0, 0.1) is 0 Å². The van der Waals surface area contributed by atoms with Crippen LogP contribution in [0.4, 0.5) is 10.5 Å². The molecule has 9 nitrogen and oxygen atoms in total. The van der Waals surface area contributed by atoms with Gasteiger partial charge in [-0.2, -0.15) is 0 Å². The lowest BCUT2D eigenvalue weighted by atomic mass is 9.94. The monoisotopic (exact) mass is 467 g/mol. The summed E-state index contributed by atoms with van der Waals surface area (Å²) in [7, 11) is -3.59. The number of aliphatic hydroxyl groups is 1. The highest BCUT2D eigenvalue weighted by Gasteiger charge is 2.49. The van der Waals surface area contributed by atoms with E-state index in [1.54, 1.807) is 35.8 Å². The molecule has 1 aliphatic rings. The number of amides is 3. The van der Waals surface area contributed by atoms with Crippen molar-refractivity contribution in [3.63, 3.8) is 0 Å². The minimum Gasteiger partial charge on any atom is -0.395 e. The second-order valence-electron chi connectivity index (χ2n) is 7.33. The highest BCUT2D eigenvalue weighted by Crippen LogP contribution is 2.47. The van der Waals surface area contributed by atoms with Crippen LogP contribution in [0.2, 0.25) is 0 Å². The summed E-state index contributed by atoms with van der Waals surface area (Å²) in [5.41, 5.74) is 2.89. The van der Waals surface area contributed by atoms with Crippen LogP contribution in [0.25, 0.3) is 10.4 Å². The number of sulfone groups is 1. The number of hydroxylamine groups is 1. The van der Waals surface area contributed by atoms with E-state index in [-0.39, 0.29) is 25.3 Å². The van der Waals surface area contributed by atoms with Gasteiger partial charge in [0.1, 0.15) is 4.75 Å². The Morgan fingerprint density at radius 3 is 2.68 bits per heavy atom. The third-order valence-electron chi connectivity index (χ3n) is 5.27. The molecular weight excluding hydrogens is 442 g/mol. The van der Waals surface area contributed by atoms with Crippen LogP contribution in [0.3, 0.4) is 0 Å². The number of rotatable bonds is 7. The van der Waals surface area contributed by atoms with Crippen LogP contribution in [0.1, 0.15) is 30.6 Å². The van der Waals surface area contributed by atoms with Gasteiger partial charge in [0.25, 0.3) is 0 Å². The van der Waals surface area contributed by atoms with E-state index in [1.807, 2.05) is 6.07 Å². The van der Waals surface area contributed by atoms with Gasteiger partial charge in [0, 0.05) is 22.0 Å². The van der Waals surface area contributed by atoms with Crippen LogP contribution < -0.4 is 16.1 Å². The van der Waals surface area contributed by atoms with Gasteiger partial charge in [-0.05, 0) is 42.7 Å². The summed E-state index contributed by atoms with van der Waals surface area (Å²) in [6, 6.07) is 10.2. The largest absolute Gasteiger partial charge is 0.395 e. The van der Waals surface area contributed by atoms with Crippen molar-refractivity contribution in [1.82, 2.24) is 10.8 Å². The van der Waals surface area contributed by atoms with Crippen LogP contribution in [0.5, 0.6) is 0 Å². The maximum Gasteiger partial charge on any atom is 0.319 e. The SMILES string of the molecule is O=C(C[C@]1(c2ccc(-c3cccc(NC(=O)NCCO)c3)s2)CCCCS1(=O)=O)NO. The van der Waals surface area contributed by atoms with E-state index in [0.29, 0.717) is 29.8 Å². The van der Waals surface area contributed by atoms with E-state index >= 15 is 0 Å². The Labute approximate surface area is 184 Å². The third-order valence-corrected chi connectivity index (χ3v) is 9.32. The first-order valence-corrected chi connectivity index (χ1v) is 12.3. The fourth-order valence-corrected chi connectivity index (χ4v) is 7.52. The summed E-state index contributed by atoms with van der Waals surface area (Å²) >= 11 is 1.29. The summed E-state index contributed by atoms with van der Waals surface area (Å²) in [6.45, 7) is -0.0256. The Morgan fingerprint density at radius 1 is 1.16 bits per heavy atom. The normalized spacial score (nSPS) is 20.1. The topological polar surface area (TPSA) is 145 Å². The molecule has 0 unspecified atom stereocenters. The minimum atomic E-state index is -3.59. The Balaban J connectivity index is 1.91. The van der Waals surface area contributed by atoms with E-state index in [2.05, 4.69) is 10.6 Å². The van der Waals surface area contributed by atoms with Crippen molar-refractivity contribution >= 4 is 38.8 Å². The molecule has 31 heavy (non-hydrogen) atoms. The van der Waals surface area contributed by atoms with Gasteiger partial charge in [0.05, 0.1) is 18.8 Å². The van der Waals surface area contributed by atoms with Crippen molar-refractivity contribution in [1.29, 1.82) is 0 Å². The molecule has 2 aromatic rings. The summed E-state index contributed by atoms with van der Waals surface area (Å²) in [4.78, 5) is 25.1. The van der Waals surface area contributed by atoms with Gasteiger partial charge in [-0.15, -0.1) is 11.3 Å². The average Bonchev–Trinajstić information content (AvgIpc) is 3.24. The second-order valence-corrected chi connectivity index (χ2v) is 10.8. The number of benzene rings is 1. The van der Waals surface area contributed by atoms with Crippen LogP contribution >= 0.6 is 11.3 Å². The number of urea groups is 1. The van der Waals surface area contributed by atoms with Crippen LogP contribution in [-0.2, 0) is 19.4 Å². The molecule has 168 valence electrons. The number of aliphatic hydroxyl groups excluding tert-OH is 1. The van der Waals surface area contributed by atoms with E-state index in [0.717, 1.165) is 10.4 Å². The molecule has 0 radical (unpaired) electrons. The number of nitrogens with one attached hydrogen (secondary N) is 3. The van der Waals surface area contributed by atoms with E-state index in [1.165, 1.54) is 11.3 Å². The van der Waals surface area contributed by atoms with Crippen molar-refractivity contribution in [2.45, 2.75) is 30.4 Å². The van der Waals surface area contributed by atoms with Crippen molar-refractivity contribution in [3.8, 4) is 10.4 Å². The lowest BCUT2D eigenvalue weighted by molar-refractivity contribution is -0.130. The number of hydrogen-bond donors (Lipinski definition) is 5. The molecule has 1 saturated heterocycles. The molecule has 3 rings (SSSR count). The molecule has 1 aromatic heterocycles. The van der Waals surface area contributed by atoms with Crippen molar-refractivity contribution in [3.05, 3.63) is 41.3 Å². The minimum absolute atomic E-state index is 0.00129. The molecule has 5 N–H and O–H groups in total. The highest BCUT2D eigenvalue weighted by atomic mass is 32.2. The Hall–Kier alpha value is -2.47. The molecule has 0 aliphatic carbocycles. The maximum atomic E-state index is 13.0. The molecule has 0 saturated carbocycles. The standard InChI is InChI=1S/C20H25N3O6S2/c24-10-9-21-19(26)22-15-5-3-4-14(12-15)16-6-7-17(30-16)20(13-18(25)23-27)8-1-2-11-31(20,28)29/h3-7,12,24,27H,1-2,8-11,13H2,(H,23,25)(H2,21,22,26)/t20-/m0/s1. The van der Waals surface area contributed by atoms with Gasteiger partial charge in [-0.1, -0.05) is 18.6 Å². The summed E-state index contributed by atoms with van der Waals surface area (Å²) in [6.07, 6.45) is 1.20. The number of anilines is 1. The van der Waals surface area contributed by atoms with E-state index in [9.17, 15) is 18.0 Å². The zero-order valence-corrected chi connectivity index (χ0v) is 18.4. The highest BCUT2D eigenvalue weighted by molar-refractivity contribution is 7.92. The first kappa shape index (κ1) is 23.2. The zero-order chi connectivity index (χ0) is 22.5. The summed E-state index contributed by atoms with van der Waals surface area (Å²) < 4.78 is 24.7. The number of thiophene rings is 1. The predicted octanol–water partition coefficient (Wildman–Crippen LogP) is 2.22. The van der Waals surface area contributed by atoms with Gasteiger partial charge in [-0.3, -0.25) is 10.0 Å². The first-order valence-electron chi connectivity index (χ1n) is 9.83. The molecular formula is C20H25N3O6S2. The van der Waals surface area contributed by atoms with Crippen LogP contribution in [0.15, 0.2) is 36.4 Å². The molecule has 1 atom stereocenters. The van der Waals surface area contributed by atoms with Gasteiger partial charge >= 0.3 is 6.03 Å². The van der Waals surface area contributed by atoms with Gasteiger partial charge < -0.3 is 15.7 Å². The van der Waals surface area contributed by atoms with E-state index in [4.69, 9.17) is 10.3 Å². The van der Waals surface area contributed by atoms with Gasteiger partial charge in [0.2, 0.25) is 5.91 Å². The first-order chi connectivity index (χ1) is 14.8. The third kappa shape index (κ3) is 5.06. The Bertz CT molecular complexity index is 1050. The summed E-state index contributed by atoms with van der Waals surface area (Å²) in [5, 5.41) is 23.0. The molecule has 0 spiro atoms. The second kappa shape index (κ2) is 9.77. The van der Waals surface area contributed by atoms with Crippen LogP contribution in [-0.4, -0.2) is 49.6 Å². The van der Waals surface area contributed by atoms with Crippen molar-refractivity contribution < 1.29 is 28.3 Å². The predicted molar refractivity (Wildman–Crippen MR) is 118 cm³/mol. The number of carbonyl (C=O) groups excluding carboxylic acids is 2. The Morgan fingerprint density at radius 2 is 1.97 bits per heavy atom. The Kier molecular flexibility index (Phi) is 7.31. The zero-order valence-electron chi connectivity index (χ0n) is 16.8. The fraction of sp³-hybridized carbons (Fsp3) is 0.400. The smallest absolute Gasteiger partial charge is 0.319 e. The summed E-state index contributed by atoms with van der Waals surface area (Å²) in [5.74, 6) is -0.734.